The molecule has 0 aromatic carbocycles. The lowest BCUT2D eigenvalue weighted by atomic mass is 9.45. The third-order valence-corrected chi connectivity index (χ3v) is 4.86. The third-order valence-electron chi connectivity index (χ3n) is 4.86. The SMILES string of the molecule is CC1(C)[C@H]2CC[C@@H](CCOCC(=O)O)[C@@H]1C2. The highest BCUT2D eigenvalue weighted by Crippen LogP contribution is 2.61. The van der Waals surface area contributed by atoms with Gasteiger partial charge in [-0.1, -0.05) is 13.8 Å². The lowest BCUT2D eigenvalue weighted by Crippen LogP contribution is -2.52. The highest BCUT2D eigenvalue weighted by atomic mass is 16.5. The van der Waals surface area contributed by atoms with E-state index in [1.54, 1.807) is 0 Å². The van der Waals surface area contributed by atoms with Gasteiger partial charge in [-0.15, -0.1) is 0 Å². The first-order valence-electron chi connectivity index (χ1n) is 6.31. The Kier molecular flexibility index (Phi) is 3.24. The average Bonchev–Trinajstić information content (AvgIpc) is 2.24. The maximum Gasteiger partial charge on any atom is 0.329 e. The van der Waals surface area contributed by atoms with E-state index in [-0.39, 0.29) is 6.61 Å². The Bertz CT molecular complexity index is 270. The summed E-state index contributed by atoms with van der Waals surface area (Å²) in [7, 11) is 0. The molecule has 0 amide bonds. The molecule has 0 spiro atoms. The molecule has 1 N–H and O–H groups in total. The van der Waals surface area contributed by atoms with Gasteiger partial charge in [0.1, 0.15) is 6.61 Å². The normalized spacial score (nSPS) is 35.5. The minimum absolute atomic E-state index is 0.149. The van der Waals surface area contributed by atoms with Crippen molar-refractivity contribution in [2.24, 2.45) is 23.2 Å². The lowest BCUT2D eigenvalue weighted by Gasteiger charge is -2.60. The van der Waals surface area contributed by atoms with E-state index < -0.39 is 5.97 Å². The van der Waals surface area contributed by atoms with Crippen LogP contribution in [0.25, 0.3) is 0 Å². The van der Waals surface area contributed by atoms with Gasteiger partial charge in [0.2, 0.25) is 0 Å². The zero-order valence-electron chi connectivity index (χ0n) is 10.2. The van der Waals surface area contributed by atoms with Crippen molar-refractivity contribution in [2.75, 3.05) is 13.2 Å². The molecule has 0 aromatic rings. The minimum Gasteiger partial charge on any atom is -0.480 e. The largest absolute Gasteiger partial charge is 0.480 e. The first-order chi connectivity index (χ1) is 7.51. The van der Waals surface area contributed by atoms with Crippen molar-refractivity contribution in [3.05, 3.63) is 0 Å². The molecule has 0 unspecified atom stereocenters. The summed E-state index contributed by atoms with van der Waals surface area (Å²) in [6.45, 7) is 5.23. The van der Waals surface area contributed by atoms with E-state index in [4.69, 9.17) is 9.84 Å². The molecule has 92 valence electrons. The summed E-state index contributed by atoms with van der Waals surface area (Å²) in [6, 6.07) is 0. The molecule has 0 aromatic heterocycles. The summed E-state index contributed by atoms with van der Waals surface area (Å²) in [5.74, 6) is 1.68. The predicted molar refractivity (Wildman–Crippen MR) is 61.2 cm³/mol. The van der Waals surface area contributed by atoms with Crippen molar-refractivity contribution in [2.45, 2.75) is 39.5 Å². The first-order valence-corrected chi connectivity index (χ1v) is 6.31. The zero-order valence-corrected chi connectivity index (χ0v) is 10.2. The number of ether oxygens (including phenoxy) is 1. The van der Waals surface area contributed by atoms with Gasteiger partial charge in [-0.05, 0) is 48.9 Å². The molecule has 3 atom stereocenters. The summed E-state index contributed by atoms with van der Waals surface area (Å²) >= 11 is 0. The second-order valence-electron chi connectivity index (χ2n) is 5.93. The number of hydrogen-bond acceptors (Lipinski definition) is 2. The molecule has 0 heterocycles. The van der Waals surface area contributed by atoms with Gasteiger partial charge >= 0.3 is 5.97 Å². The van der Waals surface area contributed by atoms with Crippen LogP contribution in [0.3, 0.4) is 0 Å². The average molecular weight is 226 g/mol. The summed E-state index contributed by atoms with van der Waals surface area (Å²) in [5, 5.41) is 8.47. The quantitative estimate of drug-likeness (QED) is 0.733. The molecular formula is C13H22O3. The molecule has 3 aliphatic rings. The molecule has 3 fully saturated rings. The molecule has 0 saturated heterocycles. The monoisotopic (exact) mass is 226 g/mol. The topological polar surface area (TPSA) is 46.5 Å². The van der Waals surface area contributed by atoms with E-state index in [9.17, 15) is 4.79 Å². The molecule has 3 rings (SSSR count). The van der Waals surface area contributed by atoms with Crippen LogP contribution in [0.1, 0.15) is 39.5 Å². The van der Waals surface area contributed by atoms with Gasteiger partial charge in [0, 0.05) is 6.61 Å². The van der Waals surface area contributed by atoms with Gasteiger partial charge in [-0.3, -0.25) is 0 Å². The fraction of sp³-hybridized carbons (Fsp3) is 0.923. The van der Waals surface area contributed by atoms with Crippen LogP contribution in [-0.4, -0.2) is 24.3 Å². The van der Waals surface area contributed by atoms with Gasteiger partial charge in [-0.2, -0.15) is 0 Å². The molecule has 2 bridgehead atoms. The van der Waals surface area contributed by atoms with Crippen molar-refractivity contribution in [3.63, 3.8) is 0 Å². The zero-order chi connectivity index (χ0) is 11.8. The van der Waals surface area contributed by atoms with E-state index in [0.29, 0.717) is 12.0 Å². The summed E-state index contributed by atoms with van der Waals surface area (Å²) in [4.78, 5) is 10.3. The summed E-state index contributed by atoms with van der Waals surface area (Å²) < 4.78 is 5.13. The standard InChI is InChI=1S/C13H22O3/c1-13(2)10-4-3-9(11(13)7-10)5-6-16-8-12(14)15/h9-11H,3-8H2,1-2H3,(H,14,15)/t9-,10-,11-/m0/s1. The van der Waals surface area contributed by atoms with Crippen molar-refractivity contribution in [1.82, 2.24) is 0 Å². The second kappa shape index (κ2) is 4.36. The Labute approximate surface area is 97.2 Å². The van der Waals surface area contributed by atoms with Crippen molar-refractivity contribution in [3.8, 4) is 0 Å². The highest BCUT2D eigenvalue weighted by Gasteiger charge is 2.53. The van der Waals surface area contributed by atoms with Crippen molar-refractivity contribution in [1.29, 1.82) is 0 Å². The van der Waals surface area contributed by atoms with E-state index in [1.807, 2.05) is 0 Å². The minimum atomic E-state index is -0.868. The Morgan fingerprint density at radius 3 is 2.75 bits per heavy atom. The van der Waals surface area contributed by atoms with Crippen LogP contribution in [0, 0.1) is 23.2 Å². The van der Waals surface area contributed by atoms with Crippen LogP contribution in [0.5, 0.6) is 0 Å². The van der Waals surface area contributed by atoms with Crippen LogP contribution in [0.15, 0.2) is 0 Å². The van der Waals surface area contributed by atoms with E-state index >= 15 is 0 Å². The number of rotatable bonds is 5. The van der Waals surface area contributed by atoms with Gasteiger partial charge in [-0.25, -0.2) is 4.79 Å². The van der Waals surface area contributed by atoms with Crippen molar-refractivity contribution >= 4 is 5.97 Å². The number of carbonyl (C=O) groups is 1. The van der Waals surface area contributed by atoms with E-state index in [2.05, 4.69) is 13.8 Å². The number of hydrogen-bond donors (Lipinski definition) is 1. The molecule has 0 aliphatic heterocycles. The van der Waals surface area contributed by atoms with Gasteiger partial charge < -0.3 is 9.84 Å². The number of carboxylic acids is 1. The molecule has 3 heteroatoms. The molecule has 3 nitrogen and oxygen atoms in total. The maximum atomic E-state index is 10.3. The Hall–Kier alpha value is -0.570. The van der Waals surface area contributed by atoms with E-state index in [1.165, 1.54) is 19.3 Å². The van der Waals surface area contributed by atoms with Crippen LogP contribution in [0.4, 0.5) is 0 Å². The highest BCUT2D eigenvalue weighted by molar-refractivity contribution is 5.67. The van der Waals surface area contributed by atoms with Gasteiger partial charge in [0.25, 0.3) is 0 Å². The Balaban J connectivity index is 1.72. The predicted octanol–water partition coefficient (Wildman–Crippen LogP) is 2.55. The fourth-order valence-electron chi connectivity index (χ4n) is 3.70. The Morgan fingerprint density at radius 1 is 1.44 bits per heavy atom. The van der Waals surface area contributed by atoms with Crippen LogP contribution < -0.4 is 0 Å². The lowest BCUT2D eigenvalue weighted by molar-refractivity contribution is -0.143. The third kappa shape index (κ3) is 2.10. The number of carboxylic acid groups (broad SMARTS) is 1. The van der Waals surface area contributed by atoms with Gasteiger partial charge in [0.15, 0.2) is 0 Å². The van der Waals surface area contributed by atoms with Crippen LogP contribution in [-0.2, 0) is 9.53 Å². The Morgan fingerprint density at radius 2 is 2.19 bits per heavy atom. The maximum absolute atomic E-state index is 10.3. The fourth-order valence-corrected chi connectivity index (χ4v) is 3.70. The van der Waals surface area contributed by atoms with Gasteiger partial charge in [0.05, 0.1) is 0 Å². The molecular weight excluding hydrogens is 204 g/mol. The number of aliphatic carboxylic acids is 1. The number of fused-ring (bicyclic) bond motifs is 2. The van der Waals surface area contributed by atoms with E-state index in [0.717, 1.165) is 24.2 Å². The molecule has 0 radical (unpaired) electrons. The smallest absolute Gasteiger partial charge is 0.329 e. The molecule has 3 aliphatic carbocycles. The first kappa shape index (κ1) is 11.9. The van der Waals surface area contributed by atoms with Crippen LogP contribution in [0.2, 0.25) is 0 Å². The second-order valence-corrected chi connectivity index (χ2v) is 5.93. The summed E-state index contributed by atoms with van der Waals surface area (Å²) in [5.41, 5.74) is 0.524. The van der Waals surface area contributed by atoms with Crippen LogP contribution >= 0.6 is 0 Å². The van der Waals surface area contributed by atoms with Crippen molar-refractivity contribution < 1.29 is 14.6 Å². The molecule has 16 heavy (non-hydrogen) atoms. The molecule has 3 saturated carbocycles. The summed E-state index contributed by atoms with van der Waals surface area (Å²) in [6.07, 6.45) is 5.09.